The van der Waals surface area contributed by atoms with E-state index in [1.165, 1.54) is 12.1 Å². The predicted octanol–water partition coefficient (Wildman–Crippen LogP) is 1.18. The minimum Gasteiger partial charge on any atom is -0.493 e. The van der Waals surface area contributed by atoms with E-state index in [-0.39, 0.29) is 18.7 Å². The fourth-order valence-electron chi connectivity index (χ4n) is 2.65. The Bertz CT molecular complexity index is 956. The molecule has 0 atom stereocenters. The molecule has 27 heavy (non-hydrogen) atoms. The van der Waals surface area contributed by atoms with Crippen LogP contribution in [0.15, 0.2) is 48.5 Å². The molecule has 1 amide bonds. The summed E-state index contributed by atoms with van der Waals surface area (Å²) in [4.78, 5) is 22.2. The van der Waals surface area contributed by atoms with Crippen LogP contribution < -0.4 is 9.46 Å². The summed E-state index contributed by atoms with van der Waals surface area (Å²) in [5, 5.41) is 8.97. The molecule has 3 rings (SSSR count). The van der Waals surface area contributed by atoms with Crippen LogP contribution in [0.4, 0.5) is 0 Å². The zero-order valence-electron chi connectivity index (χ0n) is 14.3. The van der Waals surface area contributed by atoms with E-state index in [0.717, 1.165) is 15.4 Å². The maximum absolute atomic E-state index is 11.7. The fraction of sp³-hybridized carbons (Fsp3) is 0.222. The highest BCUT2D eigenvalue weighted by Gasteiger charge is 2.33. The van der Waals surface area contributed by atoms with Crippen LogP contribution in [-0.2, 0) is 28.0 Å². The number of carbonyl (C=O) groups excluding carboxylic acids is 1. The number of carboxylic acid groups (broad SMARTS) is 1. The molecule has 1 saturated heterocycles. The quantitative estimate of drug-likeness (QED) is 0.734. The molecule has 0 spiro atoms. The molecule has 0 aromatic heterocycles. The zero-order valence-corrected chi connectivity index (χ0v) is 15.1. The first-order chi connectivity index (χ1) is 12.8. The van der Waals surface area contributed by atoms with Crippen LogP contribution in [-0.4, -0.2) is 42.9 Å². The third-order valence-corrected chi connectivity index (χ3v) is 5.45. The minimum atomic E-state index is -3.73. The highest BCUT2D eigenvalue weighted by atomic mass is 32.2. The Morgan fingerprint density at radius 3 is 2.48 bits per heavy atom. The number of aromatic carboxylic acids is 1. The molecule has 1 fully saturated rings. The number of carboxylic acids is 1. The van der Waals surface area contributed by atoms with E-state index >= 15 is 0 Å². The molecule has 8 nitrogen and oxygen atoms in total. The summed E-state index contributed by atoms with van der Waals surface area (Å²) in [6, 6.07) is 13.6. The molecule has 2 aromatic carbocycles. The number of nitrogens with one attached hydrogen (secondary N) is 1. The molecule has 1 heterocycles. The van der Waals surface area contributed by atoms with E-state index in [1.807, 2.05) is 16.9 Å². The molecule has 0 saturated carbocycles. The zero-order chi connectivity index (χ0) is 19.4. The highest BCUT2D eigenvalue weighted by Crippen LogP contribution is 2.15. The van der Waals surface area contributed by atoms with Crippen molar-refractivity contribution in [1.82, 2.24) is 9.03 Å². The van der Waals surface area contributed by atoms with Gasteiger partial charge in [0.25, 0.3) is 0 Å². The largest absolute Gasteiger partial charge is 0.493 e. The second-order valence-electron chi connectivity index (χ2n) is 6.05. The van der Waals surface area contributed by atoms with Crippen molar-refractivity contribution in [3.8, 4) is 5.75 Å². The SMILES string of the molecule is O=C1CN(Cc2ccc(CCOc3cccc(C(=O)O)c3)cc2)S(=O)(=O)N1. The summed E-state index contributed by atoms with van der Waals surface area (Å²) in [7, 11) is -3.73. The van der Waals surface area contributed by atoms with Crippen LogP contribution in [0, 0.1) is 0 Å². The van der Waals surface area contributed by atoms with Gasteiger partial charge in [0.15, 0.2) is 0 Å². The number of nitrogens with zero attached hydrogens (tertiary/aromatic N) is 1. The van der Waals surface area contributed by atoms with Gasteiger partial charge in [-0.1, -0.05) is 30.3 Å². The average Bonchev–Trinajstić information content (AvgIpc) is 2.88. The maximum Gasteiger partial charge on any atom is 0.335 e. The molecule has 0 aliphatic carbocycles. The Morgan fingerprint density at radius 2 is 1.85 bits per heavy atom. The molecule has 0 bridgehead atoms. The van der Waals surface area contributed by atoms with Gasteiger partial charge in [0.05, 0.1) is 18.7 Å². The molecule has 2 aromatic rings. The van der Waals surface area contributed by atoms with Crippen molar-refractivity contribution in [1.29, 1.82) is 0 Å². The average molecular weight is 390 g/mol. The standard InChI is InChI=1S/C18H18N2O6S/c21-17-12-20(27(24,25)19-17)11-14-6-4-13(5-7-14)8-9-26-16-3-1-2-15(10-16)18(22)23/h1-7,10H,8-9,11-12H2,(H,19,21)(H,22,23). The first-order valence-electron chi connectivity index (χ1n) is 8.18. The molecule has 0 unspecified atom stereocenters. The molecule has 2 N–H and O–H groups in total. The van der Waals surface area contributed by atoms with Crippen molar-refractivity contribution >= 4 is 22.1 Å². The molecule has 1 aliphatic rings. The molecule has 1 aliphatic heterocycles. The van der Waals surface area contributed by atoms with Crippen LogP contribution in [0.5, 0.6) is 5.75 Å². The van der Waals surface area contributed by atoms with E-state index in [9.17, 15) is 18.0 Å². The lowest BCUT2D eigenvalue weighted by Gasteiger charge is -2.12. The summed E-state index contributed by atoms with van der Waals surface area (Å²) >= 11 is 0. The van der Waals surface area contributed by atoms with Crippen LogP contribution in [0.2, 0.25) is 0 Å². The Kier molecular flexibility index (Phi) is 5.43. The van der Waals surface area contributed by atoms with Gasteiger partial charge in [0.2, 0.25) is 5.91 Å². The lowest BCUT2D eigenvalue weighted by molar-refractivity contribution is -0.118. The van der Waals surface area contributed by atoms with Gasteiger partial charge in [-0.2, -0.15) is 12.7 Å². The molecular formula is C18H18N2O6S. The second kappa shape index (κ2) is 7.77. The number of carbonyl (C=O) groups is 2. The normalized spacial score (nSPS) is 16.1. The monoisotopic (exact) mass is 390 g/mol. The first kappa shape index (κ1) is 18.9. The topological polar surface area (TPSA) is 113 Å². The van der Waals surface area contributed by atoms with Gasteiger partial charge in [0.1, 0.15) is 5.75 Å². The van der Waals surface area contributed by atoms with Crippen LogP contribution in [0.3, 0.4) is 0 Å². The minimum absolute atomic E-state index is 0.125. The van der Waals surface area contributed by atoms with Crippen molar-refractivity contribution in [2.75, 3.05) is 13.2 Å². The number of amides is 1. The molecule has 142 valence electrons. The Morgan fingerprint density at radius 1 is 1.15 bits per heavy atom. The number of ether oxygens (including phenoxy) is 1. The van der Waals surface area contributed by atoms with E-state index in [0.29, 0.717) is 18.8 Å². The van der Waals surface area contributed by atoms with Crippen LogP contribution >= 0.6 is 0 Å². The van der Waals surface area contributed by atoms with Crippen LogP contribution in [0.1, 0.15) is 21.5 Å². The van der Waals surface area contributed by atoms with E-state index in [4.69, 9.17) is 9.84 Å². The Labute approximate surface area is 156 Å². The molecular weight excluding hydrogens is 372 g/mol. The number of hydrogen-bond donors (Lipinski definition) is 2. The first-order valence-corrected chi connectivity index (χ1v) is 9.62. The van der Waals surface area contributed by atoms with Crippen molar-refractivity contribution < 1.29 is 27.9 Å². The van der Waals surface area contributed by atoms with Gasteiger partial charge < -0.3 is 9.84 Å². The van der Waals surface area contributed by atoms with Crippen LogP contribution in [0.25, 0.3) is 0 Å². The third kappa shape index (κ3) is 4.83. The second-order valence-corrected chi connectivity index (χ2v) is 7.72. The van der Waals surface area contributed by atoms with Gasteiger partial charge in [-0.15, -0.1) is 0 Å². The fourth-order valence-corrected chi connectivity index (χ4v) is 3.73. The molecule has 9 heteroatoms. The van der Waals surface area contributed by atoms with Gasteiger partial charge >= 0.3 is 16.2 Å². The summed E-state index contributed by atoms with van der Waals surface area (Å²) in [5.74, 6) is -1.05. The maximum atomic E-state index is 11.7. The molecule has 0 radical (unpaired) electrons. The van der Waals surface area contributed by atoms with Crippen molar-refractivity contribution in [2.45, 2.75) is 13.0 Å². The summed E-state index contributed by atoms with van der Waals surface area (Å²) in [5.41, 5.74) is 1.93. The number of rotatable bonds is 7. The third-order valence-electron chi connectivity index (χ3n) is 4.03. The lowest BCUT2D eigenvalue weighted by Crippen LogP contribution is -2.29. The smallest absolute Gasteiger partial charge is 0.335 e. The highest BCUT2D eigenvalue weighted by molar-refractivity contribution is 7.88. The Hall–Kier alpha value is -2.91. The number of hydrogen-bond acceptors (Lipinski definition) is 5. The summed E-state index contributed by atoms with van der Waals surface area (Å²) in [6.45, 7) is 0.328. The number of benzene rings is 2. The lowest BCUT2D eigenvalue weighted by atomic mass is 10.1. The summed E-state index contributed by atoms with van der Waals surface area (Å²) in [6.07, 6.45) is 0.611. The van der Waals surface area contributed by atoms with Crippen molar-refractivity contribution in [2.24, 2.45) is 0 Å². The van der Waals surface area contributed by atoms with Crippen molar-refractivity contribution in [3.05, 3.63) is 65.2 Å². The van der Waals surface area contributed by atoms with E-state index in [2.05, 4.69) is 0 Å². The predicted molar refractivity (Wildman–Crippen MR) is 96.5 cm³/mol. The van der Waals surface area contributed by atoms with E-state index < -0.39 is 22.1 Å². The van der Waals surface area contributed by atoms with Gasteiger partial charge in [-0.05, 0) is 29.3 Å². The van der Waals surface area contributed by atoms with Gasteiger partial charge in [-0.25, -0.2) is 9.52 Å². The van der Waals surface area contributed by atoms with E-state index in [1.54, 1.807) is 24.3 Å². The van der Waals surface area contributed by atoms with Gasteiger partial charge in [0, 0.05) is 13.0 Å². The Balaban J connectivity index is 1.53. The van der Waals surface area contributed by atoms with Gasteiger partial charge in [-0.3, -0.25) is 4.79 Å². The summed E-state index contributed by atoms with van der Waals surface area (Å²) < 4.78 is 32.1. The van der Waals surface area contributed by atoms with Crippen molar-refractivity contribution in [3.63, 3.8) is 0 Å².